The van der Waals surface area contributed by atoms with Crippen LogP contribution in [0, 0.1) is 0 Å². The van der Waals surface area contributed by atoms with Gasteiger partial charge in [0.25, 0.3) is 5.91 Å². The Labute approximate surface area is 155 Å². The fraction of sp³-hybridized carbons (Fsp3) is 0.111. The van der Waals surface area contributed by atoms with Gasteiger partial charge in [-0.2, -0.15) is 0 Å². The number of carbonyl (C=O) groups is 1. The van der Waals surface area contributed by atoms with Crippen molar-refractivity contribution >= 4 is 29.1 Å². The van der Waals surface area contributed by atoms with Crippen LogP contribution in [0.5, 0.6) is 5.75 Å². The number of methoxy groups -OCH3 is 1. The van der Waals surface area contributed by atoms with Crippen LogP contribution in [0.4, 0.5) is 11.6 Å². The highest BCUT2D eigenvalue weighted by Gasteiger charge is 2.11. The molecule has 0 spiro atoms. The third-order valence-electron chi connectivity index (χ3n) is 3.47. The first-order valence-electron chi connectivity index (χ1n) is 7.76. The molecule has 0 saturated heterocycles. The summed E-state index contributed by atoms with van der Waals surface area (Å²) in [5, 5.41) is 6.22. The highest BCUT2D eigenvalue weighted by atomic mass is 35.5. The Balaban J connectivity index is 1.67. The second kappa shape index (κ2) is 8.26. The fourth-order valence-electron chi connectivity index (χ4n) is 2.19. The lowest BCUT2D eigenvalue weighted by Crippen LogP contribution is -2.15. The van der Waals surface area contributed by atoms with Gasteiger partial charge < -0.3 is 15.4 Å². The van der Waals surface area contributed by atoms with Crippen molar-refractivity contribution in [1.29, 1.82) is 0 Å². The van der Waals surface area contributed by atoms with Gasteiger partial charge in [0.05, 0.1) is 12.1 Å². The van der Waals surface area contributed by atoms with Crippen LogP contribution >= 0.6 is 11.6 Å². The first kappa shape index (κ1) is 17.6. The van der Waals surface area contributed by atoms with E-state index < -0.39 is 0 Å². The largest absolute Gasteiger partial charge is 0.495 e. The number of carbonyl (C=O) groups excluding carboxylic acids is 1. The molecule has 0 bridgehead atoms. The Kier molecular flexibility index (Phi) is 5.60. The Morgan fingerprint density at radius 1 is 1.23 bits per heavy atom. The number of nitrogens with one attached hydrogen (secondary N) is 2. The topological polar surface area (TPSA) is 89.0 Å². The number of pyridine rings is 1. The molecule has 3 rings (SSSR count). The minimum Gasteiger partial charge on any atom is -0.495 e. The van der Waals surface area contributed by atoms with Crippen molar-refractivity contribution in [3.8, 4) is 5.75 Å². The van der Waals surface area contributed by atoms with Gasteiger partial charge >= 0.3 is 0 Å². The zero-order valence-corrected chi connectivity index (χ0v) is 14.7. The summed E-state index contributed by atoms with van der Waals surface area (Å²) in [7, 11) is 1.53. The van der Waals surface area contributed by atoms with Crippen molar-refractivity contribution in [2.45, 2.75) is 6.54 Å². The van der Waals surface area contributed by atoms with Crippen molar-refractivity contribution in [2.24, 2.45) is 0 Å². The first-order valence-corrected chi connectivity index (χ1v) is 8.14. The lowest BCUT2D eigenvalue weighted by atomic mass is 10.3. The number of benzene rings is 1. The van der Waals surface area contributed by atoms with Gasteiger partial charge in [-0.3, -0.25) is 9.78 Å². The minimum absolute atomic E-state index is 0.237. The molecule has 0 radical (unpaired) electrons. The van der Waals surface area contributed by atoms with Gasteiger partial charge in [-0.05, 0) is 35.9 Å². The maximum atomic E-state index is 12.4. The average Bonchev–Trinajstić information content (AvgIpc) is 2.67. The van der Waals surface area contributed by atoms with Crippen molar-refractivity contribution in [3.05, 3.63) is 71.3 Å². The van der Waals surface area contributed by atoms with Crippen LogP contribution in [-0.2, 0) is 6.54 Å². The predicted molar refractivity (Wildman–Crippen MR) is 99.6 cm³/mol. The number of anilines is 2. The van der Waals surface area contributed by atoms with Crippen LogP contribution in [0.15, 0.2) is 55.0 Å². The lowest BCUT2D eigenvalue weighted by Gasteiger charge is -2.09. The van der Waals surface area contributed by atoms with Crippen LogP contribution in [0.25, 0.3) is 0 Å². The molecule has 0 aliphatic rings. The number of aromatic nitrogens is 3. The van der Waals surface area contributed by atoms with E-state index in [-0.39, 0.29) is 11.6 Å². The van der Waals surface area contributed by atoms with Gasteiger partial charge in [-0.1, -0.05) is 17.7 Å². The molecular formula is C18H16ClN5O2. The summed E-state index contributed by atoms with van der Waals surface area (Å²) < 4.78 is 5.09. The van der Waals surface area contributed by atoms with Gasteiger partial charge in [-0.15, -0.1) is 0 Å². The van der Waals surface area contributed by atoms with E-state index in [9.17, 15) is 4.79 Å². The van der Waals surface area contributed by atoms with E-state index in [2.05, 4.69) is 25.6 Å². The molecule has 2 aromatic heterocycles. The summed E-state index contributed by atoms with van der Waals surface area (Å²) in [6.07, 6.45) is 4.97. The van der Waals surface area contributed by atoms with E-state index in [4.69, 9.17) is 16.3 Å². The lowest BCUT2D eigenvalue weighted by molar-refractivity contribution is 0.102. The van der Waals surface area contributed by atoms with E-state index in [0.29, 0.717) is 29.0 Å². The quantitative estimate of drug-likeness (QED) is 0.692. The fourth-order valence-corrected chi connectivity index (χ4v) is 2.45. The maximum absolute atomic E-state index is 12.4. The summed E-state index contributed by atoms with van der Waals surface area (Å²) in [6, 6.07) is 10.3. The van der Waals surface area contributed by atoms with Gasteiger partial charge in [0, 0.05) is 30.8 Å². The van der Waals surface area contributed by atoms with Crippen LogP contribution in [-0.4, -0.2) is 28.0 Å². The van der Waals surface area contributed by atoms with Crippen molar-refractivity contribution in [3.63, 3.8) is 0 Å². The molecule has 1 amide bonds. The highest BCUT2D eigenvalue weighted by Crippen LogP contribution is 2.27. The molecular weight excluding hydrogens is 354 g/mol. The van der Waals surface area contributed by atoms with E-state index in [0.717, 1.165) is 5.56 Å². The second-order valence-electron chi connectivity index (χ2n) is 5.28. The molecule has 2 heterocycles. The first-order chi connectivity index (χ1) is 12.7. The highest BCUT2D eigenvalue weighted by molar-refractivity contribution is 6.32. The molecule has 0 aliphatic heterocycles. The zero-order valence-electron chi connectivity index (χ0n) is 13.9. The van der Waals surface area contributed by atoms with Gasteiger partial charge in [0.2, 0.25) is 5.95 Å². The second-order valence-corrected chi connectivity index (χ2v) is 5.69. The third kappa shape index (κ3) is 4.46. The van der Waals surface area contributed by atoms with Crippen molar-refractivity contribution in [1.82, 2.24) is 15.0 Å². The summed E-state index contributed by atoms with van der Waals surface area (Å²) in [6.45, 7) is 0.507. The van der Waals surface area contributed by atoms with Crippen LogP contribution in [0.2, 0.25) is 5.02 Å². The Hall–Kier alpha value is -3.19. The molecule has 8 heteroatoms. The maximum Gasteiger partial charge on any atom is 0.274 e. The van der Waals surface area contributed by atoms with Crippen LogP contribution < -0.4 is 15.4 Å². The summed E-state index contributed by atoms with van der Waals surface area (Å²) in [5.74, 6) is 0.529. The predicted octanol–water partition coefficient (Wildman–Crippen LogP) is 3.40. The van der Waals surface area contributed by atoms with Gasteiger partial charge in [0.1, 0.15) is 11.4 Å². The number of ether oxygens (including phenoxy) is 1. The smallest absolute Gasteiger partial charge is 0.274 e. The number of halogens is 1. The number of rotatable bonds is 6. The Morgan fingerprint density at radius 2 is 2.12 bits per heavy atom. The van der Waals surface area contributed by atoms with E-state index in [1.54, 1.807) is 30.6 Å². The molecule has 2 N–H and O–H groups in total. The molecule has 7 nitrogen and oxygen atoms in total. The minimum atomic E-state index is -0.363. The number of nitrogens with zero attached hydrogens (tertiary/aromatic N) is 3. The number of hydrogen-bond acceptors (Lipinski definition) is 6. The van der Waals surface area contributed by atoms with Crippen LogP contribution in [0.3, 0.4) is 0 Å². The summed E-state index contributed by atoms with van der Waals surface area (Å²) >= 11 is 6.07. The molecule has 132 valence electrons. The summed E-state index contributed by atoms with van der Waals surface area (Å²) in [5.41, 5.74) is 1.77. The molecule has 0 aliphatic carbocycles. The van der Waals surface area contributed by atoms with Gasteiger partial charge in [0.15, 0.2) is 0 Å². The van der Waals surface area contributed by atoms with Crippen molar-refractivity contribution in [2.75, 3.05) is 17.7 Å². The number of amides is 1. The molecule has 0 unspecified atom stereocenters. The Morgan fingerprint density at radius 3 is 2.85 bits per heavy atom. The van der Waals surface area contributed by atoms with Crippen LogP contribution in [0.1, 0.15) is 16.1 Å². The molecule has 26 heavy (non-hydrogen) atoms. The SMILES string of the molecule is COc1ccc(NC(=O)c2ccnc(NCc3cccnc3)n2)cc1Cl. The van der Waals surface area contributed by atoms with Gasteiger partial charge in [-0.25, -0.2) is 9.97 Å². The third-order valence-corrected chi connectivity index (χ3v) is 3.77. The molecule has 1 aromatic carbocycles. The van der Waals surface area contributed by atoms with E-state index in [1.165, 1.54) is 19.4 Å². The number of hydrogen-bond donors (Lipinski definition) is 2. The standard InChI is InChI=1S/C18H16ClN5O2/c1-26-16-5-4-13(9-14(16)19)23-17(25)15-6-8-21-18(24-15)22-11-12-3-2-7-20-10-12/h2-10H,11H2,1H3,(H,23,25)(H,21,22,24). The zero-order chi connectivity index (χ0) is 18.4. The van der Waals surface area contributed by atoms with E-state index in [1.807, 2.05) is 12.1 Å². The molecule has 3 aromatic rings. The molecule has 0 saturated carbocycles. The average molecular weight is 370 g/mol. The van der Waals surface area contributed by atoms with Crippen molar-refractivity contribution < 1.29 is 9.53 Å². The molecule has 0 fully saturated rings. The normalized spacial score (nSPS) is 10.2. The Bertz CT molecular complexity index is 905. The van der Waals surface area contributed by atoms with E-state index >= 15 is 0 Å². The summed E-state index contributed by atoms with van der Waals surface area (Å²) in [4.78, 5) is 24.8. The molecule has 0 atom stereocenters. The monoisotopic (exact) mass is 369 g/mol.